The zero-order valence-corrected chi connectivity index (χ0v) is 36.3. The standard InChI is InChI=1S/C52H42N2O6P2/c1-33(2)37-19-9-13-25-43(37)53-51(55)41-23-11-15-27-45(41)57-61(53)59-47-31-29-35-17-5-7-21-39(35)49(47)50-40-22-8-6-18-36(40)30-32-48(50)60-62-54(44-26-14-10-20-38(44)34(3)4)52(56)42-24-12-16-28-46(42)58-62/h5-34H,1-4H3. The molecule has 2 heterocycles. The maximum atomic E-state index is 14.7. The fraction of sp³-hybridized carbons (Fsp3) is 0.115. The Balaban J connectivity index is 1.17. The summed E-state index contributed by atoms with van der Waals surface area (Å²) in [5, 5.41) is 3.76. The van der Waals surface area contributed by atoms with E-state index in [0.29, 0.717) is 34.1 Å². The number of rotatable bonds is 9. The van der Waals surface area contributed by atoms with Gasteiger partial charge in [0.1, 0.15) is 23.0 Å². The molecule has 10 heteroatoms. The van der Waals surface area contributed by atoms with Gasteiger partial charge in [-0.25, -0.2) is 9.34 Å². The van der Waals surface area contributed by atoms with Crippen LogP contribution in [0.3, 0.4) is 0 Å². The number of carbonyl (C=O) groups is 2. The molecule has 10 rings (SSSR count). The van der Waals surface area contributed by atoms with Crippen molar-refractivity contribution in [3.05, 3.63) is 192 Å². The minimum atomic E-state index is -2.10. The molecule has 8 aromatic rings. The van der Waals surface area contributed by atoms with Gasteiger partial charge in [-0.05, 0) is 93.0 Å². The summed E-state index contributed by atoms with van der Waals surface area (Å²) in [6.07, 6.45) is 0. The van der Waals surface area contributed by atoms with Crippen molar-refractivity contribution >= 4 is 61.8 Å². The maximum absolute atomic E-state index is 14.7. The maximum Gasteiger partial charge on any atom is 0.424 e. The van der Waals surface area contributed by atoms with Crippen LogP contribution in [0, 0.1) is 0 Å². The molecular formula is C52H42N2O6P2. The van der Waals surface area contributed by atoms with Gasteiger partial charge in [0.15, 0.2) is 0 Å². The lowest BCUT2D eigenvalue weighted by Gasteiger charge is -2.36. The second kappa shape index (κ2) is 16.3. The molecule has 2 aliphatic heterocycles. The van der Waals surface area contributed by atoms with Crippen molar-refractivity contribution in [1.29, 1.82) is 0 Å². The topological polar surface area (TPSA) is 77.5 Å². The van der Waals surface area contributed by atoms with E-state index in [1.54, 1.807) is 21.5 Å². The van der Waals surface area contributed by atoms with Crippen molar-refractivity contribution in [3.63, 3.8) is 0 Å². The van der Waals surface area contributed by atoms with Gasteiger partial charge in [-0.15, -0.1) is 0 Å². The Bertz CT molecular complexity index is 2840. The van der Waals surface area contributed by atoms with E-state index in [1.807, 2.05) is 133 Å². The minimum absolute atomic E-state index is 0.120. The summed E-state index contributed by atoms with van der Waals surface area (Å²) in [6.45, 7) is 8.45. The van der Waals surface area contributed by atoms with Crippen LogP contribution in [0.4, 0.5) is 11.4 Å². The summed E-state index contributed by atoms with van der Waals surface area (Å²) in [6, 6.07) is 54.7. The van der Waals surface area contributed by atoms with E-state index < -0.39 is 17.1 Å². The third-order valence-corrected chi connectivity index (χ3v) is 14.1. The molecule has 2 unspecified atom stereocenters. The van der Waals surface area contributed by atoms with Crippen LogP contribution in [0.15, 0.2) is 170 Å². The van der Waals surface area contributed by atoms with Crippen LogP contribution in [0.1, 0.15) is 71.4 Å². The van der Waals surface area contributed by atoms with Crippen LogP contribution in [0.5, 0.6) is 23.0 Å². The number of amides is 2. The Morgan fingerprint density at radius 1 is 0.435 bits per heavy atom. The van der Waals surface area contributed by atoms with Gasteiger partial charge >= 0.3 is 17.1 Å². The number of fused-ring (bicyclic) bond motifs is 4. The Labute approximate surface area is 363 Å². The van der Waals surface area contributed by atoms with Gasteiger partial charge in [0, 0.05) is 11.1 Å². The van der Waals surface area contributed by atoms with Crippen LogP contribution >= 0.6 is 17.1 Å². The SMILES string of the molecule is CC(C)c1ccccc1N1C(=O)c2ccccc2OP1Oc1ccc2ccccc2c1-c1c(OP2Oc3ccccc3C(=O)N2c2ccccc2C(C)C)ccc2ccccc12. The summed E-state index contributed by atoms with van der Waals surface area (Å²) in [4.78, 5) is 29.3. The van der Waals surface area contributed by atoms with Gasteiger partial charge in [-0.3, -0.25) is 9.59 Å². The molecule has 0 saturated carbocycles. The van der Waals surface area contributed by atoms with E-state index in [1.165, 1.54) is 0 Å². The van der Waals surface area contributed by atoms with E-state index in [-0.39, 0.29) is 23.7 Å². The number of para-hydroxylation sites is 4. The normalized spacial score (nSPS) is 16.0. The quantitative estimate of drug-likeness (QED) is 0.135. The van der Waals surface area contributed by atoms with E-state index >= 15 is 0 Å². The minimum Gasteiger partial charge on any atom is -0.422 e. The lowest BCUT2D eigenvalue weighted by molar-refractivity contribution is 0.0986. The van der Waals surface area contributed by atoms with E-state index in [4.69, 9.17) is 18.1 Å². The highest BCUT2D eigenvalue weighted by Crippen LogP contribution is 2.59. The van der Waals surface area contributed by atoms with Gasteiger partial charge in [0.2, 0.25) is 0 Å². The molecule has 0 bridgehead atoms. The fourth-order valence-electron chi connectivity index (χ4n) is 8.26. The molecule has 62 heavy (non-hydrogen) atoms. The first-order valence-corrected chi connectivity index (χ1v) is 22.9. The van der Waals surface area contributed by atoms with Crippen molar-refractivity contribution < 1.29 is 27.7 Å². The smallest absolute Gasteiger partial charge is 0.422 e. The molecule has 2 amide bonds. The highest BCUT2D eigenvalue weighted by molar-refractivity contribution is 7.52. The molecule has 0 saturated heterocycles. The number of hydrogen-bond donors (Lipinski definition) is 0. The molecule has 2 aliphatic rings. The Morgan fingerprint density at radius 2 is 0.806 bits per heavy atom. The first kappa shape index (κ1) is 39.4. The highest BCUT2D eigenvalue weighted by Gasteiger charge is 2.43. The van der Waals surface area contributed by atoms with E-state index in [9.17, 15) is 9.59 Å². The number of nitrogens with zero attached hydrogens (tertiary/aromatic N) is 2. The molecule has 0 N–H and O–H groups in total. The van der Waals surface area contributed by atoms with E-state index in [2.05, 4.69) is 52.0 Å². The monoisotopic (exact) mass is 852 g/mol. The third kappa shape index (κ3) is 6.90. The molecule has 8 nitrogen and oxygen atoms in total. The number of benzene rings is 8. The van der Waals surface area contributed by atoms with Gasteiger partial charge in [-0.2, -0.15) is 0 Å². The Kier molecular flexibility index (Phi) is 10.4. The van der Waals surface area contributed by atoms with Crippen molar-refractivity contribution in [2.24, 2.45) is 0 Å². The second-order valence-electron chi connectivity index (χ2n) is 15.8. The first-order valence-electron chi connectivity index (χ1n) is 20.7. The van der Waals surface area contributed by atoms with Crippen LogP contribution in [0.25, 0.3) is 32.7 Å². The summed E-state index contributed by atoms with van der Waals surface area (Å²) in [5.74, 6) is 1.75. The predicted molar refractivity (Wildman–Crippen MR) is 251 cm³/mol. The summed E-state index contributed by atoms with van der Waals surface area (Å²) in [7, 11) is -4.20. The summed E-state index contributed by atoms with van der Waals surface area (Å²) < 4.78 is 31.2. The largest absolute Gasteiger partial charge is 0.424 e. The molecule has 0 radical (unpaired) electrons. The van der Waals surface area contributed by atoms with Crippen LogP contribution in [-0.2, 0) is 0 Å². The molecule has 0 spiro atoms. The molecule has 0 aromatic heterocycles. The van der Waals surface area contributed by atoms with Gasteiger partial charge in [0.05, 0.1) is 22.5 Å². The third-order valence-electron chi connectivity index (χ3n) is 11.3. The van der Waals surface area contributed by atoms with Crippen LogP contribution < -0.4 is 27.4 Å². The van der Waals surface area contributed by atoms with Gasteiger partial charge < -0.3 is 18.1 Å². The highest BCUT2D eigenvalue weighted by atomic mass is 31.2. The van der Waals surface area contributed by atoms with Gasteiger partial charge in [0.25, 0.3) is 11.8 Å². The Morgan fingerprint density at radius 3 is 1.24 bits per heavy atom. The van der Waals surface area contributed by atoms with Crippen LogP contribution in [0.2, 0.25) is 0 Å². The number of anilines is 2. The van der Waals surface area contributed by atoms with Crippen molar-refractivity contribution in [3.8, 4) is 34.1 Å². The summed E-state index contributed by atoms with van der Waals surface area (Å²) >= 11 is 0. The zero-order valence-electron chi connectivity index (χ0n) is 34.6. The average molecular weight is 853 g/mol. The number of hydrogen-bond acceptors (Lipinski definition) is 6. The fourth-order valence-corrected chi connectivity index (χ4v) is 11.2. The lowest BCUT2D eigenvalue weighted by atomic mass is 9.92. The zero-order chi connectivity index (χ0) is 42.5. The molecule has 306 valence electrons. The molecule has 8 aromatic carbocycles. The van der Waals surface area contributed by atoms with Crippen LogP contribution in [-0.4, -0.2) is 11.8 Å². The van der Waals surface area contributed by atoms with Crippen molar-refractivity contribution in [2.75, 3.05) is 9.34 Å². The van der Waals surface area contributed by atoms with Crippen molar-refractivity contribution in [1.82, 2.24) is 0 Å². The van der Waals surface area contributed by atoms with E-state index in [0.717, 1.165) is 55.2 Å². The number of carbonyl (C=O) groups excluding carboxylic acids is 2. The average Bonchev–Trinajstić information content (AvgIpc) is 3.29. The molecule has 0 aliphatic carbocycles. The summed E-state index contributed by atoms with van der Waals surface area (Å²) in [5.41, 5.74) is 5.88. The first-order chi connectivity index (χ1) is 30.3. The second-order valence-corrected chi connectivity index (χ2v) is 18.3. The predicted octanol–water partition coefficient (Wildman–Crippen LogP) is 14.6. The molecule has 0 fully saturated rings. The molecular weight excluding hydrogens is 811 g/mol. The van der Waals surface area contributed by atoms with Crippen molar-refractivity contribution in [2.45, 2.75) is 39.5 Å². The Hall–Kier alpha value is -6.72. The molecule has 2 atom stereocenters. The van der Waals surface area contributed by atoms with Gasteiger partial charge in [-0.1, -0.05) is 149 Å². The lowest BCUT2D eigenvalue weighted by Crippen LogP contribution is -2.34.